The molecule has 7 nitrogen and oxygen atoms in total. The number of carbonyl (C=O) groups is 1. The van der Waals surface area contributed by atoms with Gasteiger partial charge in [0.2, 0.25) is 0 Å². The smallest absolute Gasteiger partial charge is 0.508 e. The van der Waals surface area contributed by atoms with Crippen LogP contribution >= 0.6 is 0 Å². The van der Waals surface area contributed by atoms with E-state index < -0.39 is 28.2 Å². The Morgan fingerprint density at radius 3 is 1.02 bits per heavy atom. The monoisotopic (exact) mass is 618 g/mol. The summed E-state index contributed by atoms with van der Waals surface area (Å²) in [6, 6.07) is 28.7. The molecule has 4 aliphatic rings. The molecule has 4 saturated carbocycles. The van der Waals surface area contributed by atoms with E-state index >= 15 is 0 Å². The Balaban J connectivity index is 1.21. The average Bonchev–Trinajstić information content (AvgIpc) is 3.80. The van der Waals surface area contributed by atoms with E-state index in [2.05, 4.69) is 0 Å². The number of ether oxygens (including phenoxy) is 2. The summed E-state index contributed by atoms with van der Waals surface area (Å²) in [5, 5.41) is 40.6. The lowest BCUT2D eigenvalue weighted by atomic mass is 9.61. The van der Waals surface area contributed by atoms with Gasteiger partial charge in [0.15, 0.2) is 0 Å². The Bertz CT molecular complexity index is 1540. The fraction of sp³-hybridized carbons (Fsp3) is 0.359. The molecule has 0 amide bonds. The number of aromatic hydroxyl groups is 4. The summed E-state index contributed by atoms with van der Waals surface area (Å²) in [4.78, 5) is 14.4. The van der Waals surface area contributed by atoms with Crippen LogP contribution in [-0.4, -0.2) is 37.8 Å². The van der Waals surface area contributed by atoms with Crippen molar-refractivity contribution in [3.05, 3.63) is 119 Å². The van der Waals surface area contributed by atoms with E-state index in [1.807, 2.05) is 48.5 Å². The molecule has 4 atom stereocenters. The van der Waals surface area contributed by atoms with Crippen molar-refractivity contribution in [2.45, 2.75) is 73.4 Å². The molecule has 4 unspecified atom stereocenters. The van der Waals surface area contributed by atoms with E-state index in [0.717, 1.165) is 47.9 Å². The lowest BCUT2D eigenvalue weighted by Crippen LogP contribution is -2.55. The van der Waals surface area contributed by atoms with Crippen LogP contribution < -0.4 is 0 Å². The van der Waals surface area contributed by atoms with E-state index in [1.54, 1.807) is 48.5 Å². The van der Waals surface area contributed by atoms with Crippen LogP contribution in [0.25, 0.3) is 0 Å². The summed E-state index contributed by atoms with van der Waals surface area (Å²) < 4.78 is 13.4. The zero-order valence-electron chi connectivity index (χ0n) is 25.6. The van der Waals surface area contributed by atoms with Gasteiger partial charge in [0.05, 0.1) is 10.8 Å². The van der Waals surface area contributed by atoms with Gasteiger partial charge in [0.25, 0.3) is 0 Å². The molecule has 4 N–H and O–H groups in total. The van der Waals surface area contributed by atoms with E-state index in [-0.39, 0.29) is 23.0 Å². The molecule has 0 heterocycles. The molecule has 4 bridgehead atoms. The SMILES string of the molecule is O=C(OC12CCC(C1)CC2(c1ccc(O)cc1)c1ccc(O)cc1)OC12CCC(C1)CC2(c1ccc(O)cc1)c1ccc(O)cc1. The van der Waals surface area contributed by atoms with Crippen LogP contribution in [0.2, 0.25) is 0 Å². The molecule has 7 heteroatoms. The summed E-state index contributed by atoms with van der Waals surface area (Å²) in [6.07, 6.45) is 5.46. The topological polar surface area (TPSA) is 116 Å². The second-order valence-corrected chi connectivity index (χ2v) is 14.1. The molecule has 4 fully saturated rings. The maximum atomic E-state index is 14.4. The molecule has 0 aromatic heterocycles. The summed E-state index contributed by atoms with van der Waals surface area (Å²) in [5.41, 5.74) is 0.675. The number of phenols is 4. The Morgan fingerprint density at radius 2 is 0.761 bits per heavy atom. The van der Waals surface area contributed by atoms with Crippen LogP contribution in [0.5, 0.6) is 23.0 Å². The van der Waals surface area contributed by atoms with Crippen molar-refractivity contribution >= 4 is 6.16 Å². The van der Waals surface area contributed by atoms with Gasteiger partial charge in [-0.15, -0.1) is 0 Å². The molecule has 4 aromatic rings. The standard InChI is InChI=1S/C39H38O7/c40-31-9-1-27(2-10-31)38(28-3-11-32(41)12-4-28)23-25-17-19-36(38,21-25)45-35(44)46-37-20-18-26(22-37)24-39(37,29-5-13-33(42)14-6-29)30-7-15-34(43)16-8-30/h1-16,25-26,40-43H,17-24H2. The Hall–Kier alpha value is -4.65. The molecular weight excluding hydrogens is 580 g/mol. The van der Waals surface area contributed by atoms with Crippen LogP contribution in [-0.2, 0) is 20.3 Å². The van der Waals surface area contributed by atoms with Gasteiger partial charge in [-0.1, -0.05) is 48.5 Å². The van der Waals surface area contributed by atoms with Crippen molar-refractivity contribution in [1.29, 1.82) is 0 Å². The van der Waals surface area contributed by atoms with Crippen LogP contribution in [0.3, 0.4) is 0 Å². The number of benzene rings is 4. The second kappa shape index (κ2) is 10.2. The Morgan fingerprint density at radius 1 is 0.478 bits per heavy atom. The minimum absolute atomic E-state index is 0.165. The number of hydrogen-bond donors (Lipinski definition) is 4. The summed E-state index contributed by atoms with van der Waals surface area (Å²) >= 11 is 0. The largest absolute Gasteiger partial charge is 0.509 e. The van der Waals surface area contributed by atoms with Crippen molar-refractivity contribution in [3.8, 4) is 23.0 Å². The molecule has 0 saturated heterocycles. The quantitative estimate of drug-likeness (QED) is 0.163. The molecule has 236 valence electrons. The second-order valence-electron chi connectivity index (χ2n) is 14.1. The van der Waals surface area contributed by atoms with Crippen molar-refractivity contribution in [2.24, 2.45) is 11.8 Å². The molecule has 0 radical (unpaired) electrons. The van der Waals surface area contributed by atoms with Crippen molar-refractivity contribution < 1.29 is 34.7 Å². The van der Waals surface area contributed by atoms with Crippen molar-refractivity contribution in [2.75, 3.05) is 0 Å². The van der Waals surface area contributed by atoms with Crippen LogP contribution in [0.15, 0.2) is 97.1 Å². The average molecular weight is 619 g/mol. The van der Waals surface area contributed by atoms with Crippen molar-refractivity contribution in [3.63, 3.8) is 0 Å². The first kappa shape index (κ1) is 28.8. The minimum Gasteiger partial charge on any atom is -0.508 e. The van der Waals surface area contributed by atoms with Gasteiger partial charge >= 0.3 is 6.16 Å². The van der Waals surface area contributed by atoms with Gasteiger partial charge in [0.1, 0.15) is 34.2 Å². The van der Waals surface area contributed by atoms with Crippen LogP contribution in [0.1, 0.15) is 73.6 Å². The van der Waals surface area contributed by atoms with Crippen LogP contribution in [0, 0.1) is 11.8 Å². The zero-order valence-corrected chi connectivity index (χ0v) is 25.6. The maximum Gasteiger partial charge on any atom is 0.509 e. The fourth-order valence-electron chi connectivity index (χ4n) is 10.1. The number of rotatable bonds is 6. The molecular formula is C39H38O7. The third-order valence-corrected chi connectivity index (χ3v) is 11.9. The highest BCUT2D eigenvalue weighted by molar-refractivity contribution is 5.65. The first-order valence-corrected chi connectivity index (χ1v) is 16.3. The lowest BCUT2D eigenvalue weighted by Gasteiger charge is -2.49. The number of fused-ring (bicyclic) bond motifs is 4. The zero-order chi connectivity index (χ0) is 31.7. The van der Waals surface area contributed by atoms with Crippen molar-refractivity contribution in [1.82, 2.24) is 0 Å². The number of hydrogen-bond acceptors (Lipinski definition) is 7. The van der Waals surface area contributed by atoms with E-state index in [0.29, 0.717) is 37.5 Å². The lowest BCUT2D eigenvalue weighted by molar-refractivity contribution is -0.107. The first-order chi connectivity index (χ1) is 22.2. The Kier molecular flexibility index (Phi) is 6.37. The summed E-state index contributed by atoms with van der Waals surface area (Å²) in [6.45, 7) is 0. The number of phenolic OH excluding ortho intramolecular Hbond substituents is 4. The van der Waals surface area contributed by atoms with Crippen LogP contribution in [0.4, 0.5) is 4.79 Å². The van der Waals surface area contributed by atoms with Gasteiger partial charge in [-0.3, -0.25) is 0 Å². The molecule has 4 aliphatic carbocycles. The Labute approximate surface area is 268 Å². The molecule has 4 aromatic carbocycles. The highest BCUT2D eigenvalue weighted by atomic mass is 16.7. The predicted octanol–water partition coefficient (Wildman–Crippen LogP) is 7.82. The van der Waals surface area contributed by atoms with Gasteiger partial charge < -0.3 is 29.9 Å². The highest BCUT2D eigenvalue weighted by Gasteiger charge is 2.68. The van der Waals surface area contributed by atoms with Gasteiger partial charge in [-0.25, -0.2) is 4.79 Å². The fourth-order valence-corrected chi connectivity index (χ4v) is 10.1. The molecule has 0 spiro atoms. The predicted molar refractivity (Wildman–Crippen MR) is 171 cm³/mol. The normalized spacial score (nSPS) is 28.3. The van der Waals surface area contributed by atoms with E-state index in [1.165, 1.54) is 0 Å². The molecule has 8 rings (SSSR count). The highest BCUT2D eigenvalue weighted by Crippen LogP contribution is 2.66. The third kappa shape index (κ3) is 4.06. The third-order valence-electron chi connectivity index (χ3n) is 11.9. The number of carbonyl (C=O) groups excluding carboxylic acids is 1. The van der Waals surface area contributed by atoms with E-state index in [9.17, 15) is 25.2 Å². The van der Waals surface area contributed by atoms with Gasteiger partial charge in [-0.2, -0.15) is 0 Å². The molecule has 46 heavy (non-hydrogen) atoms. The first-order valence-electron chi connectivity index (χ1n) is 16.3. The van der Waals surface area contributed by atoms with Gasteiger partial charge in [0, 0.05) is 0 Å². The molecule has 0 aliphatic heterocycles. The van der Waals surface area contributed by atoms with Gasteiger partial charge in [-0.05, 0) is 134 Å². The minimum atomic E-state index is -0.879. The maximum absolute atomic E-state index is 14.4. The van der Waals surface area contributed by atoms with E-state index in [4.69, 9.17) is 9.47 Å². The summed E-state index contributed by atoms with van der Waals surface area (Å²) in [7, 11) is 0. The summed E-state index contributed by atoms with van der Waals surface area (Å²) in [5.74, 6) is 1.33.